The maximum atomic E-state index is 13.1. The number of piperidine rings is 1. The van der Waals surface area contributed by atoms with Crippen LogP contribution in [-0.2, 0) is 12.6 Å². The predicted molar refractivity (Wildman–Crippen MR) is 104 cm³/mol. The van der Waals surface area contributed by atoms with Crippen LogP contribution in [0.5, 0.6) is 11.6 Å². The van der Waals surface area contributed by atoms with Crippen LogP contribution in [0.2, 0.25) is 0 Å². The van der Waals surface area contributed by atoms with Gasteiger partial charge in [0, 0.05) is 31.3 Å². The number of rotatable bonds is 6. The molecule has 0 radical (unpaired) electrons. The van der Waals surface area contributed by atoms with Crippen molar-refractivity contribution in [2.45, 2.75) is 25.4 Å². The second-order valence-corrected chi connectivity index (χ2v) is 7.31. The molecule has 0 spiro atoms. The van der Waals surface area contributed by atoms with Crippen LogP contribution in [0.3, 0.4) is 0 Å². The van der Waals surface area contributed by atoms with Gasteiger partial charge in [0.15, 0.2) is 0 Å². The molecular formula is C21H24F3N3O3. The molecule has 6 nitrogen and oxygen atoms in total. The molecule has 1 aliphatic rings. The van der Waals surface area contributed by atoms with Gasteiger partial charge in [-0.1, -0.05) is 6.07 Å². The van der Waals surface area contributed by atoms with Crippen molar-refractivity contribution >= 4 is 5.91 Å². The molecule has 2 heterocycles. The van der Waals surface area contributed by atoms with Crippen molar-refractivity contribution in [2.24, 2.45) is 11.7 Å². The Morgan fingerprint density at radius 2 is 2.10 bits per heavy atom. The van der Waals surface area contributed by atoms with Crippen molar-refractivity contribution in [1.82, 2.24) is 9.88 Å². The third kappa shape index (κ3) is 5.48. The summed E-state index contributed by atoms with van der Waals surface area (Å²) in [5.74, 6) is -0.157. The zero-order chi connectivity index (χ0) is 21.7. The third-order valence-electron chi connectivity index (χ3n) is 4.95. The Hall–Kier alpha value is -2.65. The first-order valence-corrected chi connectivity index (χ1v) is 9.76. The molecule has 162 valence electrons. The van der Waals surface area contributed by atoms with E-state index in [2.05, 4.69) is 4.98 Å². The van der Waals surface area contributed by atoms with Crippen LogP contribution in [0.25, 0.3) is 0 Å². The first kappa shape index (κ1) is 22.0. The molecule has 1 aliphatic heterocycles. The van der Waals surface area contributed by atoms with Gasteiger partial charge in [-0.3, -0.25) is 4.79 Å². The molecule has 3 rings (SSSR count). The van der Waals surface area contributed by atoms with Gasteiger partial charge in [0.05, 0.1) is 0 Å². The van der Waals surface area contributed by atoms with E-state index in [9.17, 15) is 23.1 Å². The molecule has 1 aromatic carbocycles. The number of aliphatic hydroxyl groups is 1. The van der Waals surface area contributed by atoms with E-state index in [0.717, 1.165) is 18.9 Å². The highest BCUT2D eigenvalue weighted by molar-refractivity contribution is 5.94. The molecule has 0 bridgehead atoms. The first-order valence-electron chi connectivity index (χ1n) is 9.76. The molecule has 3 N–H and O–H groups in total. The minimum atomic E-state index is -4.61. The summed E-state index contributed by atoms with van der Waals surface area (Å²) in [5.41, 5.74) is 5.14. The average molecular weight is 423 g/mol. The van der Waals surface area contributed by atoms with Crippen molar-refractivity contribution in [3.8, 4) is 11.6 Å². The summed E-state index contributed by atoms with van der Waals surface area (Å²) in [5, 5.41) is 9.36. The van der Waals surface area contributed by atoms with Gasteiger partial charge < -0.3 is 20.5 Å². The Morgan fingerprint density at radius 1 is 1.30 bits per heavy atom. The van der Waals surface area contributed by atoms with E-state index in [4.69, 9.17) is 10.5 Å². The highest BCUT2D eigenvalue weighted by Gasteiger charge is 2.33. The summed E-state index contributed by atoms with van der Waals surface area (Å²) in [4.78, 5) is 18.0. The average Bonchev–Trinajstić information content (AvgIpc) is 2.73. The predicted octanol–water partition coefficient (Wildman–Crippen LogP) is 3.24. The van der Waals surface area contributed by atoms with Gasteiger partial charge in [-0.15, -0.1) is 0 Å². The van der Waals surface area contributed by atoms with Crippen molar-refractivity contribution in [3.63, 3.8) is 0 Å². The second kappa shape index (κ2) is 9.44. The van der Waals surface area contributed by atoms with Gasteiger partial charge in [0.25, 0.3) is 5.91 Å². The van der Waals surface area contributed by atoms with E-state index in [0.29, 0.717) is 24.2 Å². The molecule has 0 saturated carbocycles. The fourth-order valence-electron chi connectivity index (χ4n) is 3.46. The number of carbonyl (C=O) groups excluding carboxylic acids is 1. The minimum absolute atomic E-state index is 0.0271. The summed E-state index contributed by atoms with van der Waals surface area (Å²) >= 11 is 0. The molecule has 2 aromatic rings. The van der Waals surface area contributed by atoms with Crippen LogP contribution >= 0.6 is 0 Å². The SMILES string of the molecule is NCCc1cc(Oc2cccc(C(=O)N3CCC[C@H](CO)C3)c2)nc(C(F)(F)F)c1. The fourth-order valence-corrected chi connectivity index (χ4v) is 3.46. The number of pyridine rings is 1. The number of carbonyl (C=O) groups is 1. The molecule has 9 heteroatoms. The Labute approximate surface area is 172 Å². The zero-order valence-corrected chi connectivity index (χ0v) is 16.4. The number of benzene rings is 1. The number of likely N-dealkylation sites (tertiary alicyclic amines) is 1. The maximum Gasteiger partial charge on any atom is 0.433 e. The Bertz CT molecular complexity index is 889. The van der Waals surface area contributed by atoms with Crippen LogP contribution in [0.1, 0.15) is 34.5 Å². The lowest BCUT2D eigenvalue weighted by Crippen LogP contribution is -2.40. The van der Waals surface area contributed by atoms with Crippen LogP contribution in [-0.4, -0.2) is 47.1 Å². The standard InChI is InChI=1S/C21H24F3N3O3/c22-21(23,24)18-9-14(6-7-25)10-19(26-18)30-17-5-1-4-16(11-17)20(29)27-8-2-3-15(12-27)13-28/h1,4-5,9-11,15,28H,2-3,6-8,12-13,25H2/t15-/m0/s1. The molecule has 1 amide bonds. The highest BCUT2D eigenvalue weighted by Crippen LogP contribution is 2.31. The van der Waals surface area contributed by atoms with Crippen molar-refractivity contribution < 1.29 is 27.8 Å². The molecule has 1 saturated heterocycles. The van der Waals surface area contributed by atoms with Gasteiger partial charge in [0.2, 0.25) is 5.88 Å². The molecule has 30 heavy (non-hydrogen) atoms. The Morgan fingerprint density at radius 3 is 2.80 bits per heavy atom. The van der Waals surface area contributed by atoms with E-state index < -0.39 is 11.9 Å². The molecule has 1 atom stereocenters. The normalized spacial score (nSPS) is 17.1. The molecule has 1 aromatic heterocycles. The van der Waals surface area contributed by atoms with Gasteiger partial charge in [-0.25, -0.2) is 4.98 Å². The van der Waals surface area contributed by atoms with E-state index in [-0.39, 0.29) is 43.0 Å². The summed E-state index contributed by atoms with van der Waals surface area (Å²) < 4.78 is 45.0. The molecule has 0 unspecified atom stereocenters. The lowest BCUT2D eigenvalue weighted by molar-refractivity contribution is -0.141. The number of ether oxygens (including phenoxy) is 1. The highest BCUT2D eigenvalue weighted by atomic mass is 19.4. The minimum Gasteiger partial charge on any atom is -0.439 e. The number of amides is 1. The Kier molecular flexibility index (Phi) is 6.94. The van der Waals surface area contributed by atoms with E-state index in [1.54, 1.807) is 23.1 Å². The van der Waals surface area contributed by atoms with E-state index in [1.807, 2.05) is 0 Å². The number of hydrogen-bond donors (Lipinski definition) is 2. The first-order chi connectivity index (χ1) is 14.3. The van der Waals surface area contributed by atoms with Crippen LogP contribution in [0, 0.1) is 5.92 Å². The van der Waals surface area contributed by atoms with Crippen molar-refractivity contribution in [3.05, 3.63) is 53.2 Å². The topological polar surface area (TPSA) is 88.7 Å². The lowest BCUT2D eigenvalue weighted by Gasteiger charge is -2.32. The second-order valence-electron chi connectivity index (χ2n) is 7.31. The fraction of sp³-hybridized carbons (Fsp3) is 0.429. The number of aliphatic hydroxyl groups excluding tert-OH is 1. The number of aromatic nitrogens is 1. The summed E-state index contributed by atoms with van der Waals surface area (Å²) in [6.45, 7) is 1.28. The monoisotopic (exact) mass is 423 g/mol. The molecular weight excluding hydrogens is 399 g/mol. The summed E-state index contributed by atoms with van der Waals surface area (Å²) in [6, 6.07) is 8.62. The quantitative estimate of drug-likeness (QED) is 0.745. The van der Waals surface area contributed by atoms with Crippen LogP contribution < -0.4 is 10.5 Å². The van der Waals surface area contributed by atoms with Gasteiger partial charge in [-0.2, -0.15) is 13.2 Å². The van der Waals surface area contributed by atoms with Crippen molar-refractivity contribution in [1.29, 1.82) is 0 Å². The van der Waals surface area contributed by atoms with Gasteiger partial charge >= 0.3 is 6.18 Å². The maximum absolute atomic E-state index is 13.1. The summed E-state index contributed by atoms with van der Waals surface area (Å²) in [6.07, 6.45) is -2.68. The largest absolute Gasteiger partial charge is 0.439 e. The number of nitrogens with two attached hydrogens (primary N) is 1. The van der Waals surface area contributed by atoms with Crippen molar-refractivity contribution in [2.75, 3.05) is 26.2 Å². The van der Waals surface area contributed by atoms with Gasteiger partial charge in [0.1, 0.15) is 11.4 Å². The zero-order valence-electron chi connectivity index (χ0n) is 16.4. The lowest BCUT2D eigenvalue weighted by atomic mass is 9.98. The number of nitrogens with zero attached hydrogens (tertiary/aromatic N) is 2. The number of hydrogen-bond acceptors (Lipinski definition) is 5. The molecule has 0 aliphatic carbocycles. The van der Waals surface area contributed by atoms with E-state index in [1.165, 1.54) is 12.1 Å². The number of halogens is 3. The van der Waals surface area contributed by atoms with Crippen LogP contribution in [0.15, 0.2) is 36.4 Å². The smallest absolute Gasteiger partial charge is 0.433 e. The molecule has 1 fully saturated rings. The third-order valence-corrected chi connectivity index (χ3v) is 4.95. The van der Waals surface area contributed by atoms with E-state index >= 15 is 0 Å². The van der Waals surface area contributed by atoms with Gasteiger partial charge in [-0.05, 0) is 61.6 Å². The summed E-state index contributed by atoms with van der Waals surface area (Å²) in [7, 11) is 0. The number of alkyl halides is 3. The Balaban J connectivity index is 1.81. The van der Waals surface area contributed by atoms with Crippen LogP contribution in [0.4, 0.5) is 13.2 Å².